The van der Waals surface area contributed by atoms with Crippen LogP contribution in [0, 0.1) is 44.1 Å². The number of nitrogens with zero attached hydrogens (tertiary/aromatic N) is 3. The molecule has 1 N–H and O–H groups in total. The third-order valence-corrected chi connectivity index (χ3v) is 5.06. The zero-order valence-corrected chi connectivity index (χ0v) is 20.5. The monoisotopic (exact) mass is 588 g/mol. The molecular weight excluding hydrogens is 565 g/mol. The number of rotatable bonds is 5. The predicted molar refractivity (Wildman–Crippen MR) is 104 cm³/mol. The minimum absolute atomic E-state index is 0. The maximum absolute atomic E-state index is 12.1. The molecule has 0 aliphatic carbocycles. The Labute approximate surface area is 201 Å². The van der Waals surface area contributed by atoms with Gasteiger partial charge in [-0.3, -0.25) is 4.79 Å². The summed E-state index contributed by atoms with van der Waals surface area (Å²) in [5.74, 6) is 0.205. The van der Waals surface area contributed by atoms with E-state index in [9.17, 15) is 9.90 Å². The van der Waals surface area contributed by atoms with Crippen LogP contribution >= 0.6 is 0 Å². The normalized spacial score (nSPS) is 15.2. The SMILES string of the molecule is O=C1CCCCN1c1ccc(Cn2cncc2C(O)c2ccccc2)cc1.[Ac]. The first-order chi connectivity index (χ1) is 13.2. The number of hydrogen-bond donors (Lipinski definition) is 1. The number of aliphatic hydroxyl groups excluding tert-OH is 1. The summed E-state index contributed by atoms with van der Waals surface area (Å²) in [7, 11) is 0. The molecule has 1 amide bonds. The molecular formula is C22H23AcN3O2. The second kappa shape index (κ2) is 9.83. The Kier molecular flexibility index (Phi) is 7.45. The van der Waals surface area contributed by atoms with Gasteiger partial charge in [0.2, 0.25) is 5.91 Å². The second-order valence-corrected chi connectivity index (χ2v) is 6.93. The first kappa shape index (κ1) is 21.2. The Bertz CT molecular complexity index is 909. The quantitative estimate of drug-likeness (QED) is 0.497. The van der Waals surface area contributed by atoms with E-state index in [0.29, 0.717) is 13.0 Å². The average molecular weight is 588 g/mol. The van der Waals surface area contributed by atoms with Crippen molar-refractivity contribution < 1.29 is 54.0 Å². The van der Waals surface area contributed by atoms with Gasteiger partial charge in [0.1, 0.15) is 6.10 Å². The van der Waals surface area contributed by atoms with E-state index in [1.807, 2.05) is 64.1 Å². The molecule has 2 aromatic carbocycles. The number of benzene rings is 2. The second-order valence-electron chi connectivity index (χ2n) is 6.93. The van der Waals surface area contributed by atoms with Crippen LogP contribution in [-0.4, -0.2) is 27.1 Å². The van der Waals surface area contributed by atoms with Crippen LogP contribution in [0.1, 0.15) is 42.2 Å². The van der Waals surface area contributed by atoms with E-state index in [0.717, 1.165) is 41.9 Å². The van der Waals surface area contributed by atoms with Gasteiger partial charge in [0.15, 0.2) is 0 Å². The van der Waals surface area contributed by atoms with E-state index < -0.39 is 6.10 Å². The zero-order valence-electron chi connectivity index (χ0n) is 15.7. The first-order valence-corrected chi connectivity index (χ1v) is 9.35. The number of aromatic nitrogens is 2. The Morgan fingerprint density at radius 3 is 2.50 bits per heavy atom. The van der Waals surface area contributed by atoms with Gasteiger partial charge in [-0.2, -0.15) is 0 Å². The number of anilines is 1. The zero-order chi connectivity index (χ0) is 18.6. The summed E-state index contributed by atoms with van der Waals surface area (Å²) in [6, 6.07) is 17.7. The molecule has 4 rings (SSSR count). The number of imidazole rings is 1. The van der Waals surface area contributed by atoms with Gasteiger partial charge in [0.05, 0.1) is 18.2 Å². The van der Waals surface area contributed by atoms with Crippen molar-refractivity contribution in [1.82, 2.24) is 9.55 Å². The number of aliphatic hydroxyl groups is 1. The van der Waals surface area contributed by atoms with Gasteiger partial charge in [-0.25, -0.2) is 4.98 Å². The molecule has 2 heterocycles. The van der Waals surface area contributed by atoms with E-state index in [1.165, 1.54) is 0 Å². The molecule has 0 bridgehead atoms. The molecule has 1 saturated heterocycles. The molecule has 1 fully saturated rings. The fourth-order valence-corrected chi connectivity index (χ4v) is 3.55. The molecule has 5 nitrogen and oxygen atoms in total. The van der Waals surface area contributed by atoms with Crippen LogP contribution in [0.3, 0.4) is 0 Å². The van der Waals surface area contributed by atoms with Crippen molar-refractivity contribution in [3.8, 4) is 0 Å². The minimum atomic E-state index is -0.709. The van der Waals surface area contributed by atoms with E-state index >= 15 is 0 Å². The van der Waals surface area contributed by atoms with Gasteiger partial charge in [0.25, 0.3) is 0 Å². The van der Waals surface area contributed by atoms with Crippen molar-refractivity contribution in [3.63, 3.8) is 0 Å². The van der Waals surface area contributed by atoms with Crippen molar-refractivity contribution in [1.29, 1.82) is 0 Å². The fourth-order valence-electron chi connectivity index (χ4n) is 3.55. The van der Waals surface area contributed by atoms with Crippen LogP contribution in [0.4, 0.5) is 5.69 Å². The summed E-state index contributed by atoms with van der Waals surface area (Å²) in [6.45, 7) is 1.42. The molecule has 1 unspecified atom stereocenters. The Morgan fingerprint density at radius 1 is 1.04 bits per heavy atom. The van der Waals surface area contributed by atoms with E-state index in [4.69, 9.17) is 0 Å². The van der Waals surface area contributed by atoms with Crippen molar-refractivity contribution in [2.24, 2.45) is 0 Å². The van der Waals surface area contributed by atoms with Crippen LogP contribution in [0.2, 0.25) is 0 Å². The minimum Gasteiger partial charge on any atom is -0.382 e. The maximum Gasteiger partial charge on any atom is 0.226 e. The maximum atomic E-state index is 12.1. The predicted octanol–water partition coefficient (Wildman–Crippen LogP) is 3.53. The standard InChI is InChI=1S/C22H23N3O2.Ac/c26-21-8-4-5-13-25(21)19-11-9-17(10-12-19)15-24-16-23-14-20(24)22(27)18-6-2-1-3-7-18;/h1-3,6-7,9-12,14,16,22,27H,4-5,8,13,15H2;. The summed E-state index contributed by atoms with van der Waals surface area (Å²) in [6.07, 6.45) is 5.42. The van der Waals surface area contributed by atoms with Crippen LogP contribution in [0.5, 0.6) is 0 Å². The summed E-state index contributed by atoms with van der Waals surface area (Å²) >= 11 is 0. The van der Waals surface area contributed by atoms with Crippen LogP contribution in [0.15, 0.2) is 67.1 Å². The molecule has 1 atom stereocenters. The van der Waals surface area contributed by atoms with Gasteiger partial charge in [-0.05, 0) is 36.1 Å². The number of carbonyl (C=O) groups excluding carboxylic acids is 1. The molecule has 141 valence electrons. The Morgan fingerprint density at radius 2 is 1.79 bits per heavy atom. The smallest absolute Gasteiger partial charge is 0.226 e. The molecule has 0 spiro atoms. The van der Waals surface area contributed by atoms with E-state index in [-0.39, 0.29) is 50.0 Å². The van der Waals surface area contributed by atoms with Crippen LogP contribution in [-0.2, 0) is 11.3 Å². The molecule has 1 aliphatic rings. The number of piperidine rings is 1. The van der Waals surface area contributed by atoms with Crippen molar-refractivity contribution >= 4 is 11.6 Å². The van der Waals surface area contributed by atoms with Crippen LogP contribution in [0.25, 0.3) is 0 Å². The van der Waals surface area contributed by atoms with Gasteiger partial charge < -0.3 is 14.6 Å². The third kappa shape index (κ3) is 4.74. The summed E-state index contributed by atoms with van der Waals surface area (Å²) < 4.78 is 1.96. The van der Waals surface area contributed by atoms with Gasteiger partial charge in [-0.15, -0.1) is 0 Å². The Balaban J connectivity index is 0.00000225. The van der Waals surface area contributed by atoms with E-state index in [2.05, 4.69) is 4.98 Å². The molecule has 3 aromatic rings. The molecule has 28 heavy (non-hydrogen) atoms. The third-order valence-electron chi connectivity index (χ3n) is 5.06. The van der Waals surface area contributed by atoms with E-state index in [1.54, 1.807) is 12.5 Å². The molecule has 1 aliphatic heterocycles. The van der Waals surface area contributed by atoms with Crippen molar-refractivity contribution in [2.45, 2.75) is 31.9 Å². The number of carbonyl (C=O) groups is 1. The average Bonchev–Trinajstić information content (AvgIpc) is 3.17. The van der Waals surface area contributed by atoms with Crippen LogP contribution < -0.4 is 4.90 Å². The van der Waals surface area contributed by atoms with Crippen molar-refractivity contribution in [3.05, 3.63) is 83.9 Å². The number of amides is 1. The molecule has 1 radical (unpaired) electrons. The summed E-state index contributed by atoms with van der Waals surface area (Å²) in [5, 5.41) is 10.7. The first-order valence-electron chi connectivity index (χ1n) is 9.35. The van der Waals surface area contributed by atoms with Gasteiger partial charge in [-0.1, -0.05) is 42.5 Å². The summed E-state index contributed by atoms with van der Waals surface area (Å²) in [5.41, 5.74) is 3.66. The fraction of sp³-hybridized carbons (Fsp3) is 0.273. The van der Waals surface area contributed by atoms with Gasteiger partial charge in [0, 0.05) is 69.3 Å². The molecule has 6 heteroatoms. The largest absolute Gasteiger partial charge is 0.382 e. The topological polar surface area (TPSA) is 58.4 Å². The number of hydrogen-bond acceptors (Lipinski definition) is 3. The van der Waals surface area contributed by atoms with Crippen molar-refractivity contribution in [2.75, 3.05) is 11.4 Å². The molecule has 1 aromatic heterocycles. The molecule has 0 saturated carbocycles. The van der Waals surface area contributed by atoms with Gasteiger partial charge >= 0.3 is 0 Å². The Hall–Kier alpha value is -1.48. The summed E-state index contributed by atoms with van der Waals surface area (Å²) in [4.78, 5) is 18.2.